The van der Waals surface area contributed by atoms with E-state index in [1.807, 2.05) is 0 Å². The molecule has 0 atom stereocenters. The van der Waals surface area contributed by atoms with Gasteiger partial charge in [-0.05, 0) is 6.92 Å². The molecule has 0 amide bonds. The molecule has 0 aromatic carbocycles. The molecular formula is C12H18N4O4. The Balaban J connectivity index is 2.49. The van der Waals surface area contributed by atoms with Gasteiger partial charge in [0.25, 0.3) is 5.56 Å². The van der Waals surface area contributed by atoms with Gasteiger partial charge in [0.15, 0.2) is 0 Å². The van der Waals surface area contributed by atoms with Crippen molar-refractivity contribution >= 4 is 5.71 Å². The predicted molar refractivity (Wildman–Crippen MR) is 73.2 cm³/mol. The van der Waals surface area contributed by atoms with E-state index in [2.05, 4.69) is 5.10 Å². The van der Waals surface area contributed by atoms with Crippen molar-refractivity contribution in [2.24, 2.45) is 19.2 Å². The average molecular weight is 282 g/mol. The maximum Gasteiger partial charge on any atom is 0.333 e. The number of hydrogen-bond donors (Lipinski definition) is 1. The first kappa shape index (κ1) is 14.3. The Labute approximate surface area is 115 Å². The van der Waals surface area contributed by atoms with Crippen molar-refractivity contribution in [1.82, 2.24) is 14.1 Å². The third-order valence-electron chi connectivity index (χ3n) is 3.27. The Morgan fingerprint density at radius 3 is 2.40 bits per heavy atom. The van der Waals surface area contributed by atoms with Crippen LogP contribution in [0.2, 0.25) is 0 Å². The Kier molecular flexibility index (Phi) is 3.93. The number of nitrogens with zero attached hydrogens (tertiary/aromatic N) is 4. The maximum atomic E-state index is 12.1. The molecule has 0 aliphatic carbocycles. The summed E-state index contributed by atoms with van der Waals surface area (Å²) in [4.78, 5) is 23.8. The number of aromatic nitrogens is 2. The second-order valence-corrected chi connectivity index (χ2v) is 4.66. The third kappa shape index (κ3) is 2.46. The van der Waals surface area contributed by atoms with Crippen LogP contribution in [0, 0.1) is 0 Å². The van der Waals surface area contributed by atoms with Crippen LogP contribution in [-0.2, 0) is 18.8 Å². The second-order valence-electron chi connectivity index (χ2n) is 4.66. The lowest BCUT2D eigenvalue weighted by molar-refractivity contribution is 0.0393. The molecule has 1 aromatic rings. The van der Waals surface area contributed by atoms with Gasteiger partial charge in [-0.3, -0.25) is 18.9 Å². The third-order valence-corrected chi connectivity index (χ3v) is 3.27. The molecule has 0 unspecified atom stereocenters. The van der Waals surface area contributed by atoms with Gasteiger partial charge in [-0.15, -0.1) is 0 Å². The van der Waals surface area contributed by atoms with Crippen molar-refractivity contribution < 1.29 is 9.84 Å². The number of aromatic hydroxyl groups is 1. The first-order valence-corrected chi connectivity index (χ1v) is 6.30. The van der Waals surface area contributed by atoms with E-state index < -0.39 is 11.2 Å². The summed E-state index contributed by atoms with van der Waals surface area (Å²) in [6, 6.07) is 0. The van der Waals surface area contributed by atoms with Crippen molar-refractivity contribution in [3.8, 4) is 5.88 Å². The zero-order chi connectivity index (χ0) is 14.9. The first-order chi connectivity index (χ1) is 9.43. The molecule has 1 saturated heterocycles. The fourth-order valence-corrected chi connectivity index (χ4v) is 2.07. The highest BCUT2D eigenvalue weighted by atomic mass is 16.5. The molecule has 0 saturated carbocycles. The summed E-state index contributed by atoms with van der Waals surface area (Å²) in [6.07, 6.45) is 0. The highest BCUT2D eigenvalue weighted by Gasteiger charge is 2.18. The van der Waals surface area contributed by atoms with Gasteiger partial charge in [0.1, 0.15) is 5.56 Å². The molecule has 1 aromatic heterocycles. The Morgan fingerprint density at radius 1 is 1.20 bits per heavy atom. The molecule has 1 fully saturated rings. The van der Waals surface area contributed by atoms with E-state index in [1.165, 1.54) is 14.1 Å². The van der Waals surface area contributed by atoms with Gasteiger partial charge in [0, 0.05) is 14.1 Å². The molecule has 0 radical (unpaired) electrons. The van der Waals surface area contributed by atoms with Crippen LogP contribution in [0.1, 0.15) is 12.5 Å². The van der Waals surface area contributed by atoms with Gasteiger partial charge in [-0.1, -0.05) is 0 Å². The van der Waals surface area contributed by atoms with Crippen LogP contribution < -0.4 is 11.2 Å². The number of hydrogen-bond acceptors (Lipinski definition) is 6. The van der Waals surface area contributed by atoms with Crippen LogP contribution in [0.5, 0.6) is 5.88 Å². The number of morpholine rings is 1. The minimum atomic E-state index is -0.574. The van der Waals surface area contributed by atoms with Gasteiger partial charge in [0.2, 0.25) is 5.88 Å². The van der Waals surface area contributed by atoms with Gasteiger partial charge in [-0.25, -0.2) is 4.79 Å². The van der Waals surface area contributed by atoms with Gasteiger partial charge in [0.05, 0.1) is 32.0 Å². The standard InChI is InChI=1S/C12H18N4O4/c1-8(13-16-4-6-20-7-5-16)9-10(17)14(2)12(19)15(3)11(9)18/h17H,4-7H2,1-3H3/b13-8+. The number of rotatable bonds is 2. The Morgan fingerprint density at radius 2 is 1.80 bits per heavy atom. The van der Waals surface area contributed by atoms with Crippen molar-refractivity contribution in [2.75, 3.05) is 26.3 Å². The van der Waals surface area contributed by atoms with Crippen LogP contribution in [0.4, 0.5) is 0 Å². The number of hydrazone groups is 1. The smallest absolute Gasteiger partial charge is 0.333 e. The fraction of sp³-hybridized carbons (Fsp3) is 0.583. The van der Waals surface area contributed by atoms with Crippen molar-refractivity contribution in [2.45, 2.75) is 6.92 Å². The highest BCUT2D eigenvalue weighted by Crippen LogP contribution is 2.11. The molecule has 20 heavy (non-hydrogen) atoms. The van der Waals surface area contributed by atoms with E-state index in [1.54, 1.807) is 11.9 Å². The molecule has 1 N–H and O–H groups in total. The predicted octanol–water partition coefficient (Wildman–Crippen LogP) is -1.15. The zero-order valence-corrected chi connectivity index (χ0v) is 11.8. The molecule has 1 aliphatic heterocycles. The first-order valence-electron chi connectivity index (χ1n) is 6.30. The molecule has 8 heteroatoms. The monoisotopic (exact) mass is 282 g/mol. The maximum absolute atomic E-state index is 12.1. The van der Waals surface area contributed by atoms with Crippen LogP contribution in [0.15, 0.2) is 14.7 Å². The zero-order valence-electron chi connectivity index (χ0n) is 11.8. The largest absolute Gasteiger partial charge is 0.494 e. The molecule has 0 bridgehead atoms. The normalized spacial score (nSPS) is 16.6. The van der Waals surface area contributed by atoms with Crippen molar-refractivity contribution in [3.63, 3.8) is 0 Å². The van der Waals surface area contributed by atoms with E-state index in [0.29, 0.717) is 32.0 Å². The summed E-state index contributed by atoms with van der Waals surface area (Å²) in [5.74, 6) is -0.368. The molecule has 110 valence electrons. The number of ether oxygens (including phenoxy) is 1. The van der Waals surface area contributed by atoms with Crippen LogP contribution in [0.3, 0.4) is 0 Å². The van der Waals surface area contributed by atoms with E-state index in [9.17, 15) is 14.7 Å². The lowest BCUT2D eigenvalue weighted by atomic mass is 10.2. The summed E-state index contributed by atoms with van der Waals surface area (Å²) in [6.45, 7) is 4.05. The summed E-state index contributed by atoms with van der Waals surface area (Å²) in [5, 5.41) is 16.1. The van der Waals surface area contributed by atoms with Crippen LogP contribution in [0.25, 0.3) is 0 Å². The highest BCUT2D eigenvalue weighted by molar-refractivity contribution is 6.00. The average Bonchev–Trinajstić information content (AvgIpc) is 2.44. The molecular weight excluding hydrogens is 264 g/mol. The SMILES string of the molecule is C/C(=N\N1CCOCC1)c1c(O)n(C)c(=O)n(C)c1=O. The van der Waals surface area contributed by atoms with E-state index in [0.717, 1.165) is 9.13 Å². The lowest BCUT2D eigenvalue weighted by Crippen LogP contribution is -2.40. The van der Waals surface area contributed by atoms with E-state index >= 15 is 0 Å². The van der Waals surface area contributed by atoms with Gasteiger partial charge >= 0.3 is 5.69 Å². The lowest BCUT2D eigenvalue weighted by Gasteiger charge is -2.24. The molecule has 1 aliphatic rings. The minimum absolute atomic E-state index is 0.0427. The fourth-order valence-electron chi connectivity index (χ4n) is 2.07. The Bertz CT molecular complexity index is 653. The summed E-state index contributed by atoms with van der Waals surface area (Å²) in [7, 11) is 2.78. The Hall–Kier alpha value is -2.09. The topological polar surface area (TPSA) is 89.1 Å². The van der Waals surface area contributed by atoms with Crippen LogP contribution in [-0.4, -0.2) is 51.3 Å². The summed E-state index contributed by atoms with van der Waals surface area (Å²) in [5.41, 5.74) is -0.711. The van der Waals surface area contributed by atoms with E-state index in [-0.39, 0.29) is 11.4 Å². The molecule has 2 rings (SSSR count). The molecule has 0 spiro atoms. The van der Waals surface area contributed by atoms with Gasteiger partial charge < -0.3 is 9.84 Å². The van der Waals surface area contributed by atoms with Gasteiger partial charge in [-0.2, -0.15) is 5.10 Å². The molecule has 8 nitrogen and oxygen atoms in total. The molecule has 2 heterocycles. The van der Waals surface area contributed by atoms with Crippen LogP contribution >= 0.6 is 0 Å². The summed E-state index contributed by atoms with van der Waals surface area (Å²) >= 11 is 0. The minimum Gasteiger partial charge on any atom is -0.494 e. The quantitative estimate of drug-likeness (QED) is 0.692. The summed E-state index contributed by atoms with van der Waals surface area (Å²) < 4.78 is 7.19. The van der Waals surface area contributed by atoms with Crippen molar-refractivity contribution in [1.29, 1.82) is 0 Å². The van der Waals surface area contributed by atoms with Crippen molar-refractivity contribution in [3.05, 3.63) is 26.4 Å². The second kappa shape index (κ2) is 5.49. The van der Waals surface area contributed by atoms with E-state index in [4.69, 9.17) is 4.74 Å².